The van der Waals surface area contributed by atoms with Crippen LogP contribution in [0, 0.1) is 5.92 Å². The minimum absolute atomic E-state index is 0.334. The molecule has 0 radical (unpaired) electrons. The van der Waals surface area contributed by atoms with E-state index >= 15 is 0 Å². The van der Waals surface area contributed by atoms with Crippen LogP contribution < -0.4 is 0 Å². The second kappa shape index (κ2) is 6.45. The van der Waals surface area contributed by atoms with Gasteiger partial charge in [0.1, 0.15) is 11.7 Å². The molecule has 21 heavy (non-hydrogen) atoms. The second-order valence-electron chi connectivity index (χ2n) is 4.66. The standard InChI is InChI=1S/C16H14O4S/c1-10(17)13(16(19)20)14(11-6-3-2-4-7-11)15(18)12-8-5-9-21-12/h2-9,13-14H,1H3,(H,19,20). The normalized spacial score (nSPS) is 13.4. The Morgan fingerprint density at radius 3 is 2.19 bits per heavy atom. The number of carboxylic acids is 1. The Bertz CT molecular complexity index is 632. The summed E-state index contributed by atoms with van der Waals surface area (Å²) in [4.78, 5) is 36.3. The van der Waals surface area contributed by atoms with Gasteiger partial charge in [0.15, 0.2) is 5.78 Å². The van der Waals surface area contributed by atoms with Gasteiger partial charge in [0.05, 0.1) is 10.8 Å². The highest BCUT2D eigenvalue weighted by atomic mass is 32.1. The summed E-state index contributed by atoms with van der Waals surface area (Å²) >= 11 is 1.24. The molecule has 108 valence electrons. The lowest BCUT2D eigenvalue weighted by Gasteiger charge is -2.20. The van der Waals surface area contributed by atoms with Gasteiger partial charge in [0.2, 0.25) is 0 Å². The zero-order valence-corrected chi connectivity index (χ0v) is 12.2. The zero-order chi connectivity index (χ0) is 15.4. The number of ketones is 2. The number of benzene rings is 1. The highest BCUT2D eigenvalue weighted by Crippen LogP contribution is 2.31. The van der Waals surface area contributed by atoms with Gasteiger partial charge >= 0.3 is 5.97 Å². The van der Waals surface area contributed by atoms with Gasteiger partial charge in [-0.3, -0.25) is 14.4 Å². The second-order valence-corrected chi connectivity index (χ2v) is 5.60. The van der Waals surface area contributed by atoms with Crippen LogP contribution >= 0.6 is 11.3 Å². The van der Waals surface area contributed by atoms with Crippen molar-refractivity contribution in [3.8, 4) is 0 Å². The van der Waals surface area contributed by atoms with Gasteiger partial charge in [-0.05, 0) is 23.9 Å². The largest absolute Gasteiger partial charge is 0.481 e. The number of carbonyl (C=O) groups excluding carboxylic acids is 2. The van der Waals surface area contributed by atoms with Crippen molar-refractivity contribution >= 4 is 28.9 Å². The highest BCUT2D eigenvalue weighted by molar-refractivity contribution is 7.12. The molecular weight excluding hydrogens is 288 g/mol. The van der Waals surface area contributed by atoms with Crippen molar-refractivity contribution in [2.45, 2.75) is 12.8 Å². The van der Waals surface area contributed by atoms with Gasteiger partial charge in [0.25, 0.3) is 0 Å². The van der Waals surface area contributed by atoms with Crippen LogP contribution in [0.25, 0.3) is 0 Å². The Kier molecular flexibility index (Phi) is 4.65. The van der Waals surface area contributed by atoms with E-state index in [1.54, 1.807) is 47.8 Å². The van der Waals surface area contributed by atoms with Crippen molar-refractivity contribution < 1.29 is 19.5 Å². The van der Waals surface area contributed by atoms with E-state index in [1.807, 2.05) is 0 Å². The van der Waals surface area contributed by atoms with Crippen LogP contribution in [0.2, 0.25) is 0 Å². The molecule has 5 heteroatoms. The average Bonchev–Trinajstić information content (AvgIpc) is 2.98. The molecule has 0 aliphatic carbocycles. The molecule has 0 fully saturated rings. The van der Waals surface area contributed by atoms with Crippen LogP contribution in [-0.4, -0.2) is 22.6 Å². The molecule has 0 aliphatic rings. The number of rotatable bonds is 6. The van der Waals surface area contributed by atoms with E-state index < -0.39 is 23.6 Å². The average molecular weight is 302 g/mol. The summed E-state index contributed by atoms with van der Waals surface area (Å²) in [6, 6.07) is 11.9. The third-order valence-corrected chi connectivity index (χ3v) is 4.13. The summed E-state index contributed by atoms with van der Waals surface area (Å²) in [5.41, 5.74) is 0.540. The van der Waals surface area contributed by atoms with Gasteiger partial charge in [0, 0.05) is 0 Å². The monoisotopic (exact) mass is 302 g/mol. The summed E-state index contributed by atoms with van der Waals surface area (Å²) in [7, 11) is 0. The quantitative estimate of drug-likeness (QED) is 0.657. The molecule has 2 atom stereocenters. The molecule has 0 spiro atoms. The maximum Gasteiger partial charge on any atom is 0.315 e. The molecule has 2 aromatic rings. The number of thiophene rings is 1. The minimum Gasteiger partial charge on any atom is -0.481 e. The molecule has 0 saturated heterocycles. The van der Waals surface area contributed by atoms with E-state index in [1.165, 1.54) is 18.3 Å². The summed E-state index contributed by atoms with van der Waals surface area (Å²) in [6.07, 6.45) is 0. The Balaban J connectivity index is 2.51. The van der Waals surface area contributed by atoms with Crippen LogP contribution in [0.3, 0.4) is 0 Å². The van der Waals surface area contributed by atoms with Gasteiger partial charge in [-0.1, -0.05) is 36.4 Å². The molecule has 1 N–H and O–H groups in total. The van der Waals surface area contributed by atoms with Crippen LogP contribution in [-0.2, 0) is 9.59 Å². The van der Waals surface area contributed by atoms with Crippen LogP contribution in [0.4, 0.5) is 0 Å². The highest BCUT2D eigenvalue weighted by Gasteiger charge is 2.38. The van der Waals surface area contributed by atoms with Gasteiger partial charge in [-0.25, -0.2) is 0 Å². The lowest BCUT2D eigenvalue weighted by Crippen LogP contribution is -2.33. The van der Waals surface area contributed by atoms with Crippen molar-refractivity contribution in [2.75, 3.05) is 0 Å². The smallest absolute Gasteiger partial charge is 0.315 e. The Morgan fingerprint density at radius 2 is 1.71 bits per heavy atom. The van der Waals surface area contributed by atoms with E-state index in [0.717, 1.165) is 0 Å². The maximum atomic E-state index is 12.7. The fraction of sp³-hybridized carbons (Fsp3) is 0.188. The van der Waals surface area contributed by atoms with Crippen molar-refractivity contribution in [1.82, 2.24) is 0 Å². The fourth-order valence-electron chi connectivity index (χ4n) is 2.28. The maximum absolute atomic E-state index is 12.7. The molecular formula is C16H14O4S. The molecule has 0 aliphatic heterocycles. The van der Waals surface area contributed by atoms with Crippen molar-refractivity contribution in [1.29, 1.82) is 0 Å². The van der Waals surface area contributed by atoms with Crippen molar-refractivity contribution in [3.63, 3.8) is 0 Å². The topological polar surface area (TPSA) is 71.4 Å². The zero-order valence-electron chi connectivity index (χ0n) is 11.4. The fourth-order valence-corrected chi connectivity index (χ4v) is 2.98. The van der Waals surface area contributed by atoms with E-state index in [4.69, 9.17) is 0 Å². The summed E-state index contributed by atoms with van der Waals surface area (Å²) in [6.45, 7) is 1.20. The molecule has 2 unspecified atom stereocenters. The molecule has 1 aromatic heterocycles. The Hall–Kier alpha value is -2.27. The molecule has 1 aromatic carbocycles. The van der Waals surface area contributed by atoms with Crippen LogP contribution in [0.5, 0.6) is 0 Å². The molecule has 4 nitrogen and oxygen atoms in total. The Labute approximate surface area is 126 Å². The predicted octanol–water partition coefficient (Wildman–Crippen LogP) is 3.00. The summed E-state index contributed by atoms with van der Waals surface area (Å²) in [5, 5.41) is 11.1. The number of hydrogen-bond donors (Lipinski definition) is 1. The molecule has 0 amide bonds. The number of hydrogen-bond acceptors (Lipinski definition) is 4. The molecule has 0 saturated carbocycles. The first kappa shape index (κ1) is 15.1. The first-order chi connectivity index (χ1) is 10.0. The third-order valence-electron chi connectivity index (χ3n) is 3.24. The van der Waals surface area contributed by atoms with E-state index in [-0.39, 0.29) is 5.78 Å². The number of Topliss-reactive ketones (excluding diaryl/α,β-unsaturated/α-hetero) is 2. The number of carbonyl (C=O) groups is 3. The van der Waals surface area contributed by atoms with Crippen LogP contribution in [0.15, 0.2) is 47.8 Å². The Morgan fingerprint density at radius 1 is 1.05 bits per heavy atom. The van der Waals surface area contributed by atoms with Gasteiger partial charge in [-0.15, -0.1) is 11.3 Å². The number of aliphatic carboxylic acids is 1. The van der Waals surface area contributed by atoms with E-state index in [9.17, 15) is 19.5 Å². The van der Waals surface area contributed by atoms with Gasteiger partial charge < -0.3 is 5.11 Å². The van der Waals surface area contributed by atoms with E-state index in [2.05, 4.69) is 0 Å². The van der Waals surface area contributed by atoms with Crippen LogP contribution in [0.1, 0.15) is 28.1 Å². The number of carboxylic acid groups (broad SMARTS) is 1. The van der Waals surface area contributed by atoms with E-state index in [0.29, 0.717) is 10.4 Å². The lowest BCUT2D eigenvalue weighted by atomic mass is 9.80. The predicted molar refractivity (Wildman–Crippen MR) is 79.6 cm³/mol. The summed E-state index contributed by atoms with van der Waals surface area (Å²) in [5.74, 6) is -4.51. The molecule has 2 rings (SSSR count). The minimum atomic E-state index is -1.37. The van der Waals surface area contributed by atoms with Gasteiger partial charge in [-0.2, -0.15) is 0 Å². The first-order valence-electron chi connectivity index (χ1n) is 6.38. The third kappa shape index (κ3) is 3.25. The van der Waals surface area contributed by atoms with Crippen molar-refractivity contribution in [2.24, 2.45) is 5.92 Å². The summed E-state index contributed by atoms with van der Waals surface area (Å²) < 4.78 is 0. The molecule has 1 heterocycles. The first-order valence-corrected chi connectivity index (χ1v) is 7.26. The molecule has 0 bridgehead atoms. The van der Waals surface area contributed by atoms with Crippen molar-refractivity contribution in [3.05, 3.63) is 58.3 Å². The SMILES string of the molecule is CC(=O)C(C(=O)O)C(C(=O)c1cccs1)c1ccccc1. The lowest BCUT2D eigenvalue weighted by molar-refractivity contribution is -0.146.